The van der Waals surface area contributed by atoms with Gasteiger partial charge in [-0.1, -0.05) is 152 Å². The van der Waals surface area contributed by atoms with Crippen LogP contribution in [-0.2, 0) is 5.41 Å². The number of anilines is 6. The molecule has 2 heterocycles. The molecule has 2 aromatic heterocycles. The SMILES string of the molecule is c1ccc(N(c2ccc3c(c2)-c2ccccc2C32c3ccccc3-c3cc(N(c4ccccc4)c4cccc5sc6ccccc6c45)ccc32)c2cccc3c2sc2ccccc23)cc1. The Bertz CT molecular complexity index is 3870. The lowest BCUT2D eigenvalue weighted by Crippen LogP contribution is -2.26. The topological polar surface area (TPSA) is 6.48 Å². The molecule has 304 valence electrons. The summed E-state index contributed by atoms with van der Waals surface area (Å²) in [6, 6.07) is 85.7. The monoisotopic (exact) mass is 862 g/mol. The molecular formula is C61H38N2S2. The van der Waals surface area contributed by atoms with Crippen LogP contribution in [0, 0.1) is 0 Å². The van der Waals surface area contributed by atoms with E-state index in [4.69, 9.17) is 0 Å². The highest BCUT2D eigenvalue weighted by atomic mass is 32.1. The largest absolute Gasteiger partial charge is 0.310 e. The first kappa shape index (κ1) is 36.7. The Hall–Kier alpha value is -7.76. The molecule has 2 aliphatic carbocycles. The minimum Gasteiger partial charge on any atom is -0.310 e. The summed E-state index contributed by atoms with van der Waals surface area (Å²) in [4.78, 5) is 4.93. The smallest absolute Gasteiger partial charge is 0.0725 e. The van der Waals surface area contributed by atoms with Crippen LogP contribution in [0.1, 0.15) is 22.3 Å². The highest BCUT2D eigenvalue weighted by molar-refractivity contribution is 7.26. The number of thiophene rings is 2. The third kappa shape index (κ3) is 5.21. The van der Waals surface area contributed by atoms with Crippen molar-refractivity contribution in [3.8, 4) is 22.3 Å². The lowest BCUT2D eigenvalue weighted by atomic mass is 9.70. The molecule has 1 spiro atoms. The number of nitrogens with zero attached hydrogens (tertiary/aromatic N) is 2. The fraction of sp³-hybridized carbons (Fsp3) is 0.0164. The molecule has 0 aliphatic heterocycles. The zero-order chi connectivity index (χ0) is 42.6. The molecule has 0 amide bonds. The maximum absolute atomic E-state index is 2.47. The Morgan fingerprint density at radius 2 is 0.754 bits per heavy atom. The number of fused-ring (bicyclic) bond motifs is 16. The number of para-hydroxylation sites is 2. The van der Waals surface area contributed by atoms with Gasteiger partial charge in [0.1, 0.15) is 0 Å². The molecule has 0 N–H and O–H groups in total. The number of rotatable bonds is 6. The zero-order valence-corrected chi connectivity index (χ0v) is 36.8. The fourth-order valence-electron chi connectivity index (χ4n) is 11.3. The van der Waals surface area contributed by atoms with E-state index in [2.05, 4.69) is 240 Å². The Morgan fingerprint density at radius 1 is 0.292 bits per heavy atom. The lowest BCUT2D eigenvalue weighted by molar-refractivity contribution is 0.794. The molecule has 2 aliphatic rings. The zero-order valence-electron chi connectivity index (χ0n) is 35.2. The van der Waals surface area contributed by atoms with Crippen LogP contribution in [0.4, 0.5) is 34.1 Å². The Labute approximate surface area is 385 Å². The van der Waals surface area contributed by atoms with Crippen molar-refractivity contribution in [2.75, 3.05) is 9.80 Å². The van der Waals surface area contributed by atoms with Crippen molar-refractivity contribution in [1.82, 2.24) is 0 Å². The molecule has 12 aromatic rings. The predicted molar refractivity (Wildman–Crippen MR) is 278 cm³/mol. The summed E-state index contributed by atoms with van der Waals surface area (Å²) in [6.45, 7) is 0. The maximum atomic E-state index is 2.47. The first-order chi connectivity index (χ1) is 32.3. The van der Waals surface area contributed by atoms with Crippen LogP contribution in [0.3, 0.4) is 0 Å². The van der Waals surface area contributed by atoms with Crippen molar-refractivity contribution in [3.05, 3.63) is 253 Å². The van der Waals surface area contributed by atoms with Gasteiger partial charge in [-0.3, -0.25) is 0 Å². The number of benzene rings is 10. The Morgan fingerprint density at radius 3 is 1.40 bits per heavy atom. The lowest BCUT2D eigenvalue weighted by Gasteiger charge is -2.32. The first-order valence-electron chi connectivity index (χ1n) is 22.3. The van der Waals surface area contributed by atoms with E-state index in [-0.39, 0.29) is 0 Å². The van der Waals surface area contributed by atoms with Gasteiger partial charge in [0, 0.05) is 58.4 Å². The van der Waals surface area contributed by atoms with Gasteiger partial charge in [-0.25, -0.2) is 0 Å². The van der Waals surface area contributed by atoms with Gasteiger partial charge in [-0.15, -0.1) is 22.7 Å². The molecule has 0 fully saturated rings. The van der Waals surface area contributed by atoms with Crippen LogP contribution in [0.25, 0.3) is 62.6 Å². The molecule has 10 aromatic carbocycles. The molecule has 1 atom stereocenters. The quantitative estimate of drug-likeness (QED) is 0.164. The van der Waals surface area contributed by atoms with Gasteiger partial charge in [0.25, 0.3) is 0 Å². The van der Waals surface area contributed by atoms with Crippen molar-refractivity contribution in [3.63, 3.8) is 0 Å². The van der Waals surface area contributed by atoms with E-state index in [0.29, 0.717) is 0 Å². The summed E-state index contributed by atoms with van der Waals surface area (Å²) in [5, 5.41) is 5.17. The van der Waals surface area contributed by atoms with E-state index in [9.17, 15) is 0 Å². The second-order valence-electron chi connectivity index (χ2n) is 17.1. The van der Waals surface area contributed by atoms with Crippen LogP contribution in [0.15, 0.2) is 231 Å². The minimum atomic E-state index is -0.487. The normalized spacial score (nSPS) is 14.5. The molecule has 4 heteroatoms. The van der Waals surface area contributed by atoms with E-state index in [1.807, 2.05) is 22.7 Å². The highest BCUT2D eigenvalue weighted by Gasteiger charge is 2.52. The molecule has 0 saturated heterocycles. The average Bonchev–Trinajstić information content (AvgIpc) is 4.11. The first-order valence-corrected chi connectivity index (χ1v) is 23.9. The maximum Gasteiger partial charge on any atom is 0.0725 e. The van der Waals surface area contributed by atoms with Gasteiger partial charge in [0.2, 0.25) is 0 Å². The van der Waals surface area contributed by atoms with E-state index in [1.165, 1.54) is 96.2 Å². The summed E-state index contributed by atoms with van der Waals surface area (Å²) >= 11 is 3.74. The average molecular weight is 863 g/mol. The molecule has 1 unspecified atom stereocenters. The van der Waals surface area contributed by atoms with Crippen molar-refractivity contribution in [1.29, 1.82) is 0 Å². The molecule has 65 heavy (non-hydrogen) atoms. The Kier molecular flexibility index (Phi) is 7.97. The van der Waals surface area contributed by atoms with Gasteiger partial charge >= 0.3 is 0 Å². The number of hydrogen-bond donors (Lipinski definition) is 0. The molecule has 0 bridgehead atoms. The van der Waals surface area contributed by atoms with E-state index in [0.717, 1.165) is 22.7 Å². The minimum absolute atomic E-state index is 0.487. The number of hydrogen-bond acceptors (Lipinski definition) is 4. The van der Waals surface area contributed by atoms with E-state index >= 15 is 0 Å². The summed E-state index contributed by atoms with van der Waals surface area (Å²) in [7, 11) is 0. The van der Waals surface area contributed by atoms with E-state index < -0.39 is 5.41 Å². The van der Waals surface area contributed by atoms with Gasteiger partial charge in [0.15, 0.2) is 0 Å². The summed E-state index contributed by atoms with van der Waals surface area (Å²) in [6.07, 6.45) is 0. The van der Waals surface area contributed by atoms with Gasteiger partial charge in [-0.05, 0) is 123 Å². The van der Waals surface area contributed by atoms with Crippen molar-refractivity contribution < 1.29 is 0 Å². The standard InChI is InChI=1S/C61H38N2S2/c1-3-17-39(18-4-1)62(54-28-16-32-58-59(54)47-24-10-14-31-57(47)64-58)41-33-35-52-48(37-41)43-21-7-11-26-50(43)61(52)51-27-12-8-22-44(51)49-38-42(34-36-53(49)61)63(40-19-5-2-6-20-40)55-29-15-25-46-45-23-9-13-30-56(45)65-60(46)55/h1-38H. The highest BCUT2D eigenvalue weighted by Crippen LogP contribution is 2.64. The van der Waals surface area contributed by atoms with Crippen LogP contribution in [-0.4, -0.2) is 0 Å². The molecule has 0 radical (unpaired) electrons. The van der Waals surface area contributed by atoms with Crippen LogP contribution >= 0.6 is 22.7 Å². The fourth-order valence-corrected chi connectivity index (χ4v) is 13.6. The third-order valence-corrected chi connectivity index (χ3v) is 16.2. The molecular weight excluding hydrogens is 825 g/mol. The Balaban J connectivity index is 0.985. The van der Waals surface area contributed by atoms with Crippen molar-refractivity contribution in [2.24, 2.45) is 0 Å². The van der Waals surface area contributed by atoms with Crippen LogP contribution in [0.2, 0.25) is 0 Å². The third-order valence-electron chi connectivity index (χ3n) is 13.8. The van der Waals surface area contributed by atoms with Gasteiger partial charge < -0.3 is 9.80 Å². The van der Waals surface area contributed by atoms with Gasteiger partial charge in [0.05, 0.1) is 21.5 Å². The summed E-state index contributed by atoms with van der Waals surface area (Å²) in [5.74, 6) is 0. The molecule has 2 nitrogen and oxygen atoms in total. The van der Waals surface area contributed by atoms with Crippen LogP contribution in [0.5, 0.6) is 0 Å². The van der Waals surface area contributed by atoms with Crippen molar-refractivity contribution in [2.45, 2.75) is 5.41 Å². The molecule has 0 saturated carbocycles. The summed E-state index contributed by atoms with van der Waals surface area (Å²) in [5.41, 5.74) is 16.9. The van der Waals surface area contributed by atoms with Gasteiger partial charge in [-0.2, -0.15) is 0 Å². The van der Waals surface area contributed by atoms with Crippen molar-refractivity contribution >= 4 is 97.1 Å². The predicted octanol–water partition coefficient (Wildman–Crippen LogP) is 17.7. The molecule has 14 rings (SSSR count). The second kappa shape index (κ2) is 14.1. The van der Waals surface area contributed by atoms with E-state index in [1.54, 1.807) is 0 Å². The van der Waals surface area contributed by atoms with Crippen LogP contribution < -0.4 is 9.80 Å². The second-order valence-corrected chi connectivity index (χ2v) is 19.3. The summed E-state index contributed by atoms with van der Waals surface area (Å²) < 4.78 is 5.19.